The molecule has 0 aliphatic carbocycles. The molecule has 0 aliphatic heterocycles. The van der Waals surface area contributed by atoms with Crippen molar-refractivity contribution in [2.75, 3.05) is 19.8 Å². The number of rotatable bonds is 12. The number of aliphatic carboxylic acids is 3. The maximum Gasteiger partial charge on any atom is 0.489 e. The van der Waals surface area contributed by atoms with Crippen LogP contribution >= 0.6 is 34.7 Å². The third kappa shape index (κ3) is 24.9. The van der Waals surface area contributed by atoms with Gasteiger partial charge in [-0.05, 0) is 13.7 Å². The highest BCUT2D eigenvalue weighted by atomic mass is 31.1. The molecule has 0 bridgehead atoms. The van der Waals surface area contributed by atoms with Crippen molar-refractivity contribution in [2.45, 2.75) is 18.3 Å². The van der Waals surface area contributed by atoms with E-state index < -0.39 is 80.8 Å². The van der Waals surface area contributed by atoms with Gasteiger partial charge in [0.25, 0.3) is 0 Å². The Morgan fingerprint density at radius 2 is 0.774 bits per heavy atom. The molecular formula is C9H18O18P4. The summed E-state index contributed by atoms with van der Waals surface area (Å²) in [5.74, 6) is -4.54. The fourth-order valence-corrected chi connectivity index (χ4v) is 1.88. The molecule has 0 fully saturated rings. The summed E-state index contributed by atoms with van der Waals surface area (Å²) in [4.78, 5) is 58.9. The Morgan fingerprint density at radius 3 is 0.806 bits per heavy atom. The fraction of sp³-hybridized carbons (Fsp3) is 0.667. The lowest BCUT2D eigenvalue weighted by atomic mass is 10.4. The molecular weight excluding hydrogens is 520 g/mol. The molecule has 7 atom stereocenters. The lowest BCUT2D eigenvalue weighted by Crippen LogP contribution is -2.26. The molecule has 0 aromatic rings. The molecule has 0 aromatic heterocycles. The molecule has 0 aliphatic rings. The van der Waals surface area contributed by atoms with Gasteiger partial charge in [0, 0.05) is 0 Å². The second-order valence-corrected chi connectivity index (χ2v) is 5.99. The second-order valence-electron chi connectivity index (χ2n) is 4.02. The molecule has 0 heterocycles. The summed E-state index contributed by atoms with van der Waals surface area (Å²) >= 11 is 0. The van der Waals surface area contributed by atoms with E-state index in [2.05, 4.69) is 13.6 Å². The Bertz CT molecular complexity index is 516. The minimum absolute atomic E-state index is 0. The highest BCUT2D eigenvalue weighted by molar-refractivity contribution is 7.31. The van der Waals surface area contributed by atoms with Gasteiger partial charge in [-0.15, -0.1) is 13.6 Å². The van der Waals surface area contributed by atoms with Crippen molar-refractivity contribution in [3.63, 3.8) is 0 Å². The average molecular weight is 538 g/mol. The Balaban J connectivity index is -0.000000174. The van der Waals surface area contributed by atoms with E-state index in [0.717, 1.165) is 0 Å². The Labute approximate surface area is 178 Å². The third-order valence-electron chi connectivity index (χ3n) is 1.96. The normalized spacial score (nSPS) is 13.9. The molecule has 18 nitrogen and oxygen atoms in total. The molecule has 0 rings (SSSR count). The van der Waals surface area contributed by atoms with Crippen LogP contribution in [0.3, 0.4) is 0 Å². The smallest absolute Gasteiger partial charge is 0.489 e. The predicted octanol–water partition coefficient (Wildman–Crippen LogP) is -4.54. The first kappa shape index (κ1) is 37.1. The topological polar surface area (TPSA) is 321 Å². The molecule has 22 heteroatoms. The van der Waals surface area contributed by atoms with Crippen molar-refractivity contribution in [3.05, 3.63) is 0 Å². The van der Waals surface area contributed by atoms with E-state index in [0.29, 0.717) is 0 Å². The largest absolute Gasteiger partial charge is 0.566 e. The van der Waals surface area contributed by atoms with Crippen LogP contribution in [0.25, 0.3) is 0 Å². The minimum Gasteiger partial charge on any atom is -0.566 e. The maximum atomic E-state index is 9.91. The van der Waals surface area contributed by atoms with Crippen molar-refractivity contribution >= 4 is 52.6 Å². The molecule has 7 unspecified atom stereocenters. The summed E-state index contributed by atoms with van der Waals surface area (Å²) in [6.07, 6.45) is -5.04. The minimum atomic E-state index is -3.22. The summed E-state index contributed by atoms with van der Waals surface area (Å²) in [5, 5.41) is 48.7. The number of carboxylic acid groups (broad SMARTS) is 3. The standard InChI is InChI=1S/3C3H5O6P.H3P/c3*4-1-2(3(5)6)9-10(7)8;/h3*2,4H,1H2,(H,5,6);1H3. The van der Waals surface area contributed by atoms with Crippen molar-refractivity contribution in [1.82, 2.24) is 0 Å². The quantitative estimate of drug-likeness (QED) is 0.127. The molecule has 0 amide bonds. The monoisotopic (exact) mass is 538 g/mol. The highest BCUT2D eigenvalue weighted by Crippen LogP contribution is 2.13. The van der Waals surface area contributed by atoms with Crippen molar-refractivity contribution < 1.29 is 87.0 Å². The Morgan fingerprint density at radius 1 is 0.613 bits per heavy atom. The second kappa shape index (κ2) is 22.0. The number of carboxylic acids is 3. The number of hydrogen-bond acceptors (Lipinski definition) is 15. The van der Waals surface area contributed by atoms with Gasteiger partial charge in [-0.25, -0.2) is 14.4 Å². The number of carbonyl (C=O) groups is 3. The fourth-order valence-electron chi connectivity index (χ4n) is 0.781. The van der Waals surface area contributed by atoms with Crippen LogP contribution in [0.15, 0.2) is 0 Å². The van der Waals surface area contributed by atoms with Gasteiger partial charge in [-0.2, -0.15) is 9.90 Å². The van der Waals surface area contributed by atoms with Crippen LogP contribution in [0.1, 0.15) is 0 Å². The first-order valence-electron chi connectivity index (χ1n) is 6.67. The van der Waals surface area contributed by atoms with Gasteiger partial charge in [0.1, 0.15) is 0 Å². The van der Waals surface area contributed by atoms with Crippen LogP contribution in [0, 0.1) is 0 Å². The zero-order chi connectivity index (χ0) is 24.4. The van der Waals surface area contributed by atoms with E-state index in [1.165, 1.54) is 0 Å². The van der Waals surface area contributed by atoms with Gasteiger partial charge < -0.3 is 45.3 Å². The number of aliphatic hydroxyl groups excluding tert-OH is 3. The van der Waals surface area contributed by atoms with E-state index in [1.807, 2.05) is 0 Å². The summed E-state index contributed by atoms with van der Waals surface area (Å²) in [6, 6.07) is 0. The summed E-state index contributed by atoms with van der Waals surface area (Å²) < 4.78 is 40.4. The van der Waals surface area contributed by atoms with Crippen LogP contribution < -0.4 is 14.7 Å². The van der Waals surface area contributed by atoms with Crippen LogP contribution in [-0.4, -0.2) is 86.7 Å². The predicted molar refractivity (Wildman–Crippen MR) is 92.7 cm³/mol. The average Bonchev–Trinajstić information content (AvgIpc) is 2.61. The van der Waals surface area contributed by atoms with E-state index in [4.69, 9.17) is 30.6 Å². The molecule has 31 heavy (non-hydrogen) atoms. The van der Waals surface area contributed by atoms with Crippen LogP contribution in [0.2, 0.25) is 0 Å². The molecule has 6 N–H and O–H groups in total. The van der Waals surface area contributed by atoms with Crippen molar-refractivity contribution in [2.24, 2.45) is 0 Å². The van der Waals surface area contributed by atoms with E-state index in [9.17, 15) is 42.8 Å². The maximum absolute atomic E-state index is 9.91. The molecule has 0 spiro atoms. The lowest BCUT2D eigenvalue weighted by Gasteiger charge is -2.00. The van der Waals surface area contributed by atoms with Gasteiger partial charge in [-0.3, -0.25) is 0 Å². The van der Waals surface area contributed by atoms with E-state index in [-0.39, 0.29) is 9.90 Å². The van der Waals surface area contributed by atoms with E-state index >= 15 is 0 Å². The lowest BCUT2D eigenvalue weighted by molar-refractivity contribution is -0.194. The third-order valence-corrected chi connectivity index (χ3v) is 3.24. The first-order valence-corrected chi connectivity index (χ1v) is 9.96. The highest BCUT2D eigenvalue weighted by Gasteiger charge is 2.25. The molecule has 0 radical (unpaired) electrons. The number of aliphatic hydroxyl groups is 3. The van der Waals surface area contributed by atoms with E-state index in [1.54, 1.807) is 0 Å². The molecule has 0 saturated heterocycles. The van der Waals surface area contributed by atoms with Gasteiger partial charge in [0.05, 0.1) is 19.8 Å². The van der Waals surface area contributed by atoms with Crippen molar-refractivity contribution in [3.8, 4) is 0 Å². The van der Waals surface area contributed by atoms with Crippen LogP contribution in [0.4, 0.5) is 0 Å². The summed E-state index contributed by atoms with van der Waals surface area (Å²) in [6.45, 7) is -2.59. The van der Waals surface area contributed by atoms with Crippen LogP contribution in [-0.2, 0) is 41.6 Å². The first-order chi connectivity index (χ1) is 13.7. The van der Waals surface area contributed by atoms with Gasteiger partial charge in [-0.1, -0.05) is 0 Å². The van der Waals surface area contributed by atoms with Gasteiger partial charge in [0.2, 0.25) is 18.3 Å². The molecule has 182 valence electrons. The zero-order valence-corrected chi connectivity index (χ0v) is 19.1. The zero-order valence-electron chi connectivity index (χ0n) is 15.0. The van der Waals surface area contributed by atoms with Crippen molar-refractivity contribution in [1.29, 1.82) is 0 Å². The molecule has 0 aromatic carbocycles. The Hall–Kier alpha value is -1.22. The number of hydrogen-bond donors (Lipinski definition) is 6. The van der Waals surface area contributed by atoms with Crippen LogP contribution in [0.5, 0.6) is 0 Å². The SMILES string of the molecule is O=C(O)C(CO)O[P+](=O)[O-].O=C(O)C(CO)O[P+](=O)[O-].O=C(O)C(CO)O[P+](=O)[O-].P. The summed E-state index contributed by atoms with van der Waals surface area (Å²) in [7, 11) is -9.66. The Kier molecular flexibility index (Phi) is 26.3. The molecule has 0 saturated carbocycles. The van der Waals surface area contributed by atoms with Gasteiger partial charge in [0.15, 0.2) is 0 Å². The van der Waals surface area contributed by atoms with Gasteiger partial charge >= 0.3 is 42.7 Å². The summed E-state index contributed by atoms with van der Waals surface area (Å²) in [5.41, 5.74) is 0.